The third kappa shape index (κ3) is 5.89. The molecule has 0 radical (unpaired) electrons. The van der Waals surface area contributed by atoms with E-state index in [0.29, 0.717) is 25.7 Å². The topological polar surface area (TPSA) is 38.8 Å². The number of ether oxygens (including phenoxy) is 2. The largest absolute Gasteiger partial charge is 0.375 e. The fourth-order valence-electron chi connectivity index (χ4n) is 4.49. The van der Waals surface area contributed by atoms with Crippen LogP contribution in [-0.4, -0.2) is 29.6 Å². The minimum absolute atomic E-state index is 0.00277. The predicted molar refractivity (Wildman–Crippen MR) is 130 cm³/mol. The molecule has 0 unspecified atom stereocenters. The molecule has 3 aromatic carbocycles. The summed E-state index contributed by atoms with van der Waals surface area (Å²) in [5, 5.41) is 0. The van der Waals surface area contributed by atoms with Crippen LogP contribution < -0.4 is 0 Å². The Balaban J connectivity index is 1.49. The monoisotopic (exact) mass is 443 g/mol. The molecule has 3 aromatic rings. The molecule has 1 heterocycles. The number of hydrogen-bond donors (Lipinski definition) is 0. The fourth-order valence-corrected chi connectivity index (χ4v) is 4.49. The van der Waals surface area contributed by atoms with Gasteiger partial charge in [0.25, 0.3) is 5.91 Å². The molecule has 0 N–H and O–H groups in total. The minimum Gasteiger partial charge on any atom is -0.375 e. The molecular weight excluding hydrogens is 410 g/mol. The summed E-state index contributed by atoms with van der Waals surface area (Å²) in [6.45, 7) is 5.85. The van der Waals surface area contributed by atoms with E-state index in [9.17, 15) is 4.79 Å². The Morgan fingerprint density at radius 3 is 1.91 bits per heavy atom. The van der Waals surface area contributed by atoms with Crippen LogP contribution in [0.4, 0.5) is 0 Å². The lowest BCUT2D eigenvalue weighted by Crippen LogP contribution is -2.64. The summed E-state index contributed by atoms with van der Waals surface area (Å²) < 4.78 is 12.3. The van der Waals surface area contributed by atoms with Crippen molar-refractivity contribution in [2.45, 2.75) is 51.7 Å². The van der Waals surface area contributed by atoms with E-state index < -0.39 is 6.10 Å². The summed E-state index contributed by atoms with van der Waals surface area (Å²) in [7, 11) is 0. The first-order chi connectivity index (χ1) is 16.1. The van der Waals surface area contributed by atoms with Crippen molar-refractivity contribution < 1.29 is 14.3 Å². The second-order valence-corrected chi connectivity index (χ2v) is 9.10. The molecule has 0 saturated carbocycles. The summed E-state index contributed by atoms with van der Waals surface area (Å²) in [6.07, 6.45) is 0.409. The molecule has 4 rings (SSSR count). The van der Waals surface area contributed by atoms with Gasteiger partial charge in [0, 0.05) is 0 Å². The molecule has 172 valence electrons. The number of nitrogens with zero attached hydrogens (tertiary/aromatic N) is 1. The van der Waals surface area contributed by atoms with Crippen LogP contribution in [0.5, 0.6) is 0 Å². The minimum atomic E-state index is -0.476. The highest BCUT2D eigenvalue weighted by molar-refractivity contribution is 5.89. The van der Waals surface area contributed by atoms with Crippen LogP contribution in [0.2, 0.25) is 0 Å². The Morgan fingerprint density at radius 1 is 0.788 bits per heavy atom. The second kappa shape index (κ2) is 11.3. The maximum absolute atomic E-state index is 13.4. The molecule has 3 atom stereocenters. The van der Waals surface area contributed by atoms with E-state index in [1.165, 1.54) is 0 Å². The number of rotatable bonds is 11. The van der Waals surface area contributed by atoms with Gasteiger partial charge in [-0.05, 0) is 29.0 Å². The highest BCUT2D eigenvalue weighted by Crippen LogP contribution is 2.40. The summed E-state index contributed by atoms with van der Waals surface area (Å²) in [5.41, 5.74) is 3.31. The van der Waals surface area contributed by atoms with Gasteiger partial charge in [0.15, 0.2) is 6.10 Å². The Kier molecular flexibility index (Phi) is 7.92. The molecule has 0 bridgehead atoms. The summed E-state index contributed by atoms with van der Waals surface area (Å²) in [4.78, 5) is 15.4. The number of amides is 1. The molecule has 33 heavy (non-hydrogen) atoms. The van der Waals surface area contributed by atoms with Gasteiger partial charge in [0.1, 0.15) is 0 Å². The van der Waals surface area contributed by atoms with E-state index in [4.69, 9.17) is 9.47 Å². The highest BCUT2D eigenvalue weighted by atomic mass is 16.5. The number of benzene rings is 3. The van der Waals surface area contributed by atoms with E-state index in [-0.39, 0.29) is 18.0 Å². The van der Waals surface area contributed by atoms with Crippen LogP contribution in [0, 0.1) is 5.92 Å². The summed E-state index contributed by atoms with van der Waals surface area (Å²) in [5.74, 6) is 0.498. The molecular formula is C29H33NO3. The Labute approximate surface area is 197 Å². The van der Waals surface area contributed by atoms with Crippen molar-refractivity contribution in [3.63, 3.8) is 0 Å². The van der Waals surface area contributed by atoms with Gasteiger partial charge in [-0.25, -0.2) is 0 Å². The zero-order valence-electron chi connectivity index (χ0n) is 19.5. The Morgan fingerprint density at radius 2 is 1.33 bits per heavy atom. The summed E-state index contributed by atoms with van der Waals surface area (Å²) in [6, 6.07) is 30.3. The van der Waals surface area contributed by atoms with Gasteiger partial charge in [0.2, 0.25) is 0 Å². The van der Waals surface area contributed by atoms with Crippen LogP contribution in [0.3, 0.4) is 0 Å². The SMILES string of the molecule is CC(C)C[C@@H](COCc1ccccc1)N1C(=O)[C@H](OCc2ccccc2)[C@@H]1c1ccccc1. The first-order valence-corrected chi connectivity index (χ1v) is 11.8. The van der Waals surface area contributed by atoms with Crippen LogP contribution in [0.25, 0.3) is 0 Å². The molecule has 0 spiro atoms. The lowest BCUT2D eigenvalue weighted by atomic mass is 9.86. The van der Waals surface area contributed by atoms with E-state index in [1.807, 2.05) is 71.6 Å². The predicted octanol–water partition coefficient (Wildman–Crippen LogP) is 5.79. The van der Waals surface area contributed by atoms with Crippen molar-refractivity contribution in [2.75, 3.05) is 6.61 Å². The second-order valence-electron chi connectivity index (χ2n) is 9.10. The molecule has 1 aliphatic heterocycles. The van der Waals surface area contributed by atoms with Crippen LogP contribution in [0.1, 0.15) is 43.0 Å². The van der Waals surface area contributed by atoms with Crippen LogP contribution >= 0.6 is 0 Å². The third-order valence-electron chi connectivity index (χ3n) is 6.06. The lowest BCUT2D eigenvalue weighted by molar-refractivity contribution is -0.186. The van der Waals surface area contributed by atoms with Gasteiger partial charge < -0.3 is 14.4 Å². The molecule has 1 saturated heterocycles. The van der Waals surface area contributed by atoms with Crippen molar-refractivity contribution in [1.82, 2.24) is 4.90 Å². The standard InChI is InChI=1S/C29H33NO3/c1-22(2)18-26(21-32-19-23-12-6-3-7-13-23)30-27(25-16-10-5-11-17-25)28(29(30)31)33-20-24-14-8-4-9-15-24/h3-17,22,26-28H,18-21H2,1-2H3/t26-,27-,28+/m0/s1. The van der Waals surface area contributed by atoms with Crippen molar-refractivity contribution in [2.24, 2.45) is 5.92 Å². The zero-order valence-corrected chi connectivity index (χ0v) is 19.5. The average molecular weight is 444 g/mol. The number of carbonyl (C=O) groups excluding carboxylic acids is 1. The molecule has 4 nitrogen and oxygen atoms in total. The molecule has 1 amide bonds. The van der Waals surface area contributed by atoms with Crippen molar-refractivity contribution in [3.8, 4) is 0 Å². The van der Waals surface area contributed by atoms with E-state index in [1.54, 1.807) is 0 Å². The van der Waals surface area contributed by atoms with Crippen molar-refractivity contribution in [1.29, 1.82) is 0 Å². The number of likely N-dealkylation sites (tertiary alicyclic amines) is 1. The van der Waals surface area contributed by atoms with E-state index in [2.05, 4.69) is 38.1 Å². The molecule has 1 aliphatic rings. The Bertz CT molecular complexity index is 991. The maximum Gasteiger partial charge on any atom is 0.255 e. The lowest BCUT2D eigenvalue weighted by Gasteiger charge is -2.51. The van der Waals surface area contributed by atoms with E-state index >= 15 is 0 Å². The van der Waals surface area contributed by atoms with Crippen molar-refractivity contribution >= 4 is 5.91 Å². The molecule has 4 heteroatoms. The summed E-state index contributed by atoms with van der Waals surface area (Å²) >= 11 is 0. The van der Waals surface area contributed by atoms with Gasteiger partial charge in [-0.2, -0.15) is 0 Å². The fraction of sp³-hybridized carbons (Fsp3) is 0.345. The normalized spacial score (nSPS) is 18.9. The zero-order chi connectivity index (χ0) is 23.0. The number of β-lactam (4-membered cyclic amide) rings is 1. The first kappa shape index (κ1) is 23.2. The number of carbonyl (C=O) groups is 1. The smallest absolute Gasteiger partial charge is 0.255 e. The molecule has 1 fully saturated rings. The number of hydrogen-bond acceptors (Lipinski definition) is 3. The van der Waals surface area contributed by atoms with Gasteiger partial charge in [0.05, 0.1) is 31.9 Å². The Hall–Kier alpha value is -2.95. The third-order valence-corrected chi connectivity index (χ3v) is 6.06. The first-order valence-electron chi connectivity index (χ1n) is 11.8. The molecule has 0 aliphatic carbocycles. The van der Waals surface area contributed by atoms with Gasteiger partial charge in [-0.15, -0.1) is 0 Å². The van der Waals surface area contributed by atoms with E-state index in [0.717, 1.165) is 23.1 Å². The van der Waals surface area contributed by atoms with Gasteiger partial charge >= 0.3 is 0 Å². The van der Waals surface area contributed by atoms with Crippen LogP contribution in [-0.2, 0) is 27.5 Å². The quantitative estimate of drug-likeness (QED) is 0.352. The van der Waals surface area contributed by atoms with Gasteiger partial charge in [-0.3, -0.25) is 4.79 Å². The maximum atomic E-state index is 13.4. The molecule has 0 aromatic heterocycles. The average Bonchev–Trinajstić information content (AvgIpc) is 2.84. The van der Waals surface area contributed by atoms with Crippen molar-refractivity contribution in [3.05, 3.63) is 108 Å². The van der Waals surface area contributed by atoms with Gasteiger partial charge in [-0.1, -0.05) is 105 Å². The highest BCUT2D eigenvalue weighted by Gasteiger charge is 2.51. The van der Waals surface area contributed by atoms with Crippen LogP contribution in [0.15, 0.2) is 91.0 Å².